The maximum Gasteiger partial charge on any atom is 0.305 e. The van der Waals surface area contributed by atoms with Gasteiger partial charge in [0.15, 0.2) is 0 Å². The zero-order chi connectivity index (χ0) is 56.4. The van der Waals surface area contributed by atoms with E-state index in [-0.39, 0.29) is 18.5 Å². The molecule has 2 atom stereocenters. The largest absolute Gasteiger partial charge is 0.466 e. The average Bonchev–Trinajstić information content (AvgIpc) is 3.44. The van der Waals surface area contributed by atoms with Crippen molar-refractivity contribution in [1.29, 1.82) is 0 Å². The van der Waals surface area contributed by atoms with E-state index in [1.807, 2.05) is 6.08 Å². The van der Waals surface area contributed by atoms with Crippen molar-refractivity contribution in [1.82, 2.24) is 5.32 Å². The second-order valence-corrected chi connectivity index (χ2v) is 24.9. The maximum absolute atomic E-state index is 12.5. The fourth-order valence-corrected chi connectivity index (χ4v) is 11.6. The quantitative estimate of drug-likeness (QED) is 0.0320. The molecule has 0 saturated carbocycles. The first-order valence-electron chi connectivity index (χ1n) is 36.0. The van der Waals surface area contributed by atoms with E-state index in [0.717, 1.165) is 38.5 Å². The molecule has 0 spiro atoms. The summed E-state index contributed by atoms with van der Waals surface area (Å²) in [6.45, 7) is 4.95. The highest BCUT2D eigenvalue weighted by atomic mass is 16.5. The first-order valence-corrected chi connectivity index (χ1v) is 36.0. The number of amides is 1. The summed E-state index contributed by atoms with van der Waals surface area (Å²) in [6, 6.07) is -0.627. The lowest BCUT2D eigenvalue weighted by molar-refractivity contribution is -0.143. The molecule has 0 fully saturated rings. The number of rotatable bonds is 68. The van der Waals surface area contributed by atoms with E-state index >= 15 is 0 Å². The van der Waals surface area contributed by atoms with E-state index in [9.17, 15) is 19.8 Å². The first kappa shape index (κ1) is 76.6. The molecule has 0 aliphatic heterocycles. The highest BCUT2D eigenvalue weighted by molar-refractivity contribution is 5.76. The van der Waals surface area contributed by atoms with Gasteiger partial charge in [0.25, 0.3) is 0 Å². The minimum Gasteiger partial charge on any atom is -0.466 e. The van der Waals surface area contributed by atoms with E-state index in [2.05, 4.69) is 19.2 Å². The summed E-state index contributed by atoms with van der Waals surface area (Å²) in [5.41, 5.74) is 0. The van der Waals surface area contributed by atoms with Crippen molar-refractivity contribution < 1.29 is 24.5 Å². The molecule has 78 heavy (non-hydrogen) atoms. The number of unbranched alkanes of at least 4 members (excludes halogenated alkanes) is 57. The van der Waals surface area contributed by atoms with Crippen LogP contribution in [0.25, 0.3) is 0 Å². The molecule has 0 aromatic carbocycles. The van der Waals surface area contributed by atoms with Crippen LogP contribution in [0.2, 0.25) is 0 Å². The second-order valence-electron chi connectivity index (χ2n) is 24.9. The minimum absolute atomic E-state index is 0.0194. The molecule has 0 rings (SSSR count). The van der Waals surface area contributed by atoms with Crippen LogP contribution in [0.4, 0.5) is 0 Å². The molecule has 1 amide bonds. The molecule has 0 bridgehead atoms. The van der Waals surface area contributed by atoms with Crippen LogP contribution in [-0.2, 0) is 14.3 Å². The Labute approximate surface area is 489 Å². The van der Waals surface area contributed by atoms with Crippen LogP contribution in [0.15, 0.2) is 12.2 Å². The van der Waals surface area contributed by atoms with E-state index in [1.165, 1.54) is 347 Å². The Morgan fingerprint density at radius 3 is 0.872 bits per heavy atom. The van der Waals surface area contributed by atoms with Crippen LogP contribution in [-0.4, -0.2) is 47.4 Å². The molecule has 0 aromatic heterocycles. The predicted molar refractivity (Wildman–Crippen MR) is 343 cm³/mol. The van der Waals surface area contributed by atoms with Crippen molar-refractivity contribution >= 4 is 11.9 Å². The standard InChI is InChI=1S/C72H141NO5/c1-3-5-7-9-11-13-15-17-19-20-21-22-28-31-34-37-40-44-48-52-56-60-64-70(75)69(68-74)73-71(76)65-61-57-53-49-45-41-38-35-32-29-26-24-23-25-27-30-33-36-39-43-47-51-55-59-63-67-78-72(77)66-62-58-54-50-46-42-18-16-14-12-10-8-6-4-2/h60,64,69-70,74-75H,3-59,61-63,65-68H2,1-2H3,(H,73,76)/b64-60+. The molecule has 0 radical (unpaired) electrons. The van der Waals surface area contributed by atoms with E-state index in [4.69, 9.17) is 4.74 Å². The molecule has 6 heteroatoms. The van der Waals surface area contributed by atoms with Crippen molar-refractivity contribution in [2.24, 2.45) is 0 Å². The molecular formula is C72H141NO5. The number of esters is 1. The van der Waals surface area contributed by atoms with Gasteiger partial charge in [-0.25, -0.2) is 0 Å². The maximum atomic E-state index is 12.5. The summed E-state index contributed by atoms with van der Waals surface area (Å²) in [5, 5.41) is 23.3. The fraction of sp³-hybridized carbons (Fsp3) is 0.944. The van der Waals surface area contributed by atoms with Crippen LogP contribution in [0.1, 0.15) is 412 Å². The summed E-state index contributed by atoms with van der Waals surface area (Å²) >= 11 is 0. The topological polar surface area (TPSA) is 95.9 Å². The van der Waals surface area contributed by atoms with Crippen LogP contribution < -0.4 is 5.32 Å². The number of ether oxygens (including phenoxy) is 1. The molecule has 0 heterocycles. The third kappa shape index (κ3) is 63.8. The summed E-state index contributed by atoms with van der Waals surface area (Å²) < 4.78 is 5.50. The van der Waals surface area contributed by atoms with Gasteiger partial charge in [0.2, 0.25) is 5.91 Å². The van der Waals surface area contributed by atoms with Gasteiger partial charge in [-0.1, -0.05) is 379 Å². The molecule has 0 aromatic rings. The molecule has 0 aliphatic carbocycles. The monoisotopic (exact) mass is 1100 g/mol. The van der Waals surface area contributed by atoms with Gasteiger partial charge >= 0.3 is 5.97 Å². The van der Waals surface area contributed by atoms with Crippen LogP contribution in [0, 0.1) is 0 Å². The van der Waals surface area contributed by atoms with Crippen molar-refractivity contribution in [2.45, 2.75) is 424 Å². The van der Waals surface area contributed by atoms with Gasteiger partial charge in [0.1, 0.15) is 0 Å². The molecule has 3 N–H and O–H groups in total. The summed E-state index contributed by atoms with van der Waals surface area (Å²) in [5.74, 6) is -0.0419. The lowest BCUT2D eigenvalue weighted by atomic mass is 10.0. The zero-order valence-electron chi connectivity index (χ0n) is 53.2. The van der Waals surface area contributed by atoms with Gasteiger partial charge in [-0.05, 0) is 32.1 Å². The SMILES string of the molecule is CCCCCCCCCCCCCCCCCCCCCC/C=C/C(O)C(CO)NC(=O)CCCCCCCCCCCCCCCCCCCCCCCCCCCOC(=O)CCCCCCCCCCCCCCCC. The van der Waals surface area contributed by atoms with Crippen molar-refractivity contribution in [2.75, 3.05) is 13.2 Å². The van der Waals surface area contributed by atoms with Crippen LogP contribution >= 0.6 is 0 Å². The zero-order valence-corrected chi connectivity index (χ0v) is 53.2. The minimum atomic E-state index is -0.844. The lowest BCUT2D eigenvalue weighted by Crippen LogP contribution is -2.45. The Balaban J connectivity index is 3.38. The first-order chi connectivity index (χ1) is 38.5. The van der Waals surface area contributed by atoms with Gasteiger partial charge in [-0.15, -0.1) is 0 Å². The number of aliphatic hydroxyl groups excluding tert-OH is 2. The lowest BCUT2D eigenvalue weighted by Gasteiger charge is -2.20. The van der Waals surface area contributed by atoms with E-state index in [1.54, 1.807) is 6.08 Å². The van der Waals surface area contributed by atoms with E-state index < -0.39 is 12.1 Å². The smallest absolute Gasteiger partial charge is 0.305 e. The van der Waals surface area contributed by atoms with Gasteiger partial charge in [-0.2, -0.15) is 0 Å². The molecular weight excluding hydrogens is 959 g/mol. The molecule has 2 unspecified atom stereocenters. The Morgan fingerprint density at radius 1 is 0.346 bits per heavy atom. The Bertz CT molecular complexity index is 1180. The number of hydrogen-bond donors (Lipinski definition) is 3. The van der Waals surface area contributed by atoms with Gasteiger partial charge in [0.05, 0.1) is 25.4 Å². The number of nitrogens with one attached hydrogen (secondary N) is 1. The van der Waals surface area contributed by atoms with Crippen molar-refractivity contribution in [3.8, 4) is 0 Å². The normalized spacial score (nSPS) is 12.5. The highest BCUT2D eigenvalue weighted by Crippen LogP contribution is 2.19. The summed E-state index contributed by atoms with van der Waals surface area (Å²) in [7, 11) is 0. The third-order valence-electron chi connectivity index (χ3n) is 17.1. The Kier molecular flexibility index (Phi) is 66.9. The average molecular weight is 1100 g/mol. The van der Waals surface area contributed by atoms with E-state index in [0.29, 0.717) is 19.4 Å². The number of hydrogen-bond acceptors (Lipinski definition) is 5. The van der Waals surface area contributed by atoms with Gasteiger partial charge in [0, 0.05) is 12.8 Å². The summed E-state index contributed by atoms with van der Waals surface area (Å²) in [4.78, 5) is 24.6. The Morgan fingerprint density at radius 2 is 0.590 bits per heavy atom. The number of aliphatic hydroxyl groups is 2. The molecule has 0 aliphatic rings. The second kappa shape index (κ2) is 68.1. The van der Waals surface area contributed by atoms with Crippen molar-refractivity contribution in [3.63, 3.8) is 0 Å². The molecule has 6 nitrogen and oxygen atoms in total. The fourth-order valence-electron chi connectivity index (χ4n) is 11.6. The van der Waals surface area contributed by atoms with Gasteiger partial charge in [-0.3, -0.25) is 9.59 Å². The molecule has 464 valence electrons. The molecule has 0 saturated heterocycles. The third-order valence-corrected chi connectivity index (χ3v) is 17.1. The van der Waals surface area contributed by atoms with Crippen LogP contribution in [0.3, 0.4) is 0 Å². The Hall–Kier alpha value is -1.40. The number of carbonyl (C=O) groups excluding carboxylic acids is 2. The predicted octanol–water partition coefficient (Wildman–Crippen LogP) is 23.1. The number of allylic oxidation sites excluding steroid dienone is 1. The van der Waals surface area contributed by atoms with Gasteiger partial charge < -0.3 is 20.3 Å². The van der Waals surface area contributed by atoms with Crippen LogP contribution in [0.5, 0.6) is 0 Å². The number of carbonyl (C=O) groups is 2. The summed E-state index contributed by atoms with van der Waals surface area (Å²) in [6.07, 6.45) is 84.4. The highest BCUT2D eigenvalue weighted by Gasteiger charge is 2.18. The van der Waals surface area contributed by atoms with Crippen molar-refractivity contribution in [3.05, 3.63) is 12.2 Å².